The fraction of sp³-hybridized carbons (Fsp3) is 1.00. The molecule has 0 rings (SSSR count). The summed E-state index contributed by atoms with van der Waals surface area (Å²) >= 11 is 0. The molecule has 0 radical (unpaired) electrons. The molecular formula is C3H13NO5Pt. The van der Waals surface area contributed by atoms with Crippen LogP contribution in [0, 0.1) is 0 Å². The number of aliphatic hydroxyl groups is 1. The Morgan fingerprint density at radius 3 is 1.30 bits per heavy atom. The quantitative estimate of drug-likeness (QED) is 0.597. The number of hydrogen-bond donors (Lipinski definition) is 2. The van der Waals surface area contributed by atoms with Crippen molar-refractivity contribution in [2.45, 2.75) is 13.0 Å². The van der Waals surface area contributed by atoms with Gasteiger partial charge in [0, 0.05) is 6.54 Å². The first kappa shape index (κ1) is 47.1. The van der Waals surface area contributed by atoms with Crippen LogP contribution in [0.3, 0.4) is 0 Å². The molecule has 0 aliphatic carbocycles. The van der Waals surface area contributed by atoms with Gasteiger partial charge in [0.05, 0.1) is 6.10 Å². The number of aliphatic hydroxyl groups excluding tert-OH is 1. The van der Waals surface area contributed by atoms with Crippen LogP contribution in [-0.2, 0) is 21.1 Å². The predicted octanol–water partition coefficient (Wildman–Crippen LogP) is -1.38. The van der Waals surface area contributed by atoms with E-state index in [-0.39, 0.29) is 49.1 Å². The minimum Gasteiger partial charge on any atom is -0.870 e. The Kier molecular flexibility index (Phi) is 161. The molecule has 0 aliphatic heterocycles. The van der Waals surface area contributed by atoms with Crippen LogP contribution in [0.5, 0.6) is 0 Å². The Morgan fingerprint density at radius 2 is 1.30 bits per heavy atom. The zero-order valence-electron chi connectivity index (χ0n) is 5.41. The smallest absolute Gasteiger partial charge is 0.870 e. The Morgan fingerprint density at radius 1 is 1.20 bits per heavy atom. The van der Waals surface area contributed by atoms with Crippen molar-refractivity contribution >= 4 is 0 Å². The normalized spacial score (nSPS) is 7.50. The minimum atomic E-state index is -0.338. The van der Waals surface area contributed by atoms with Gasteiger partial charge in [-0.3, -0.25) is 0 Å². The van der Waals surface area contributed by atoms with Gasteiger partial charge in [-0.15, -0.1) is 0 Å². The van der Waals surface area contributed by atoms with Crippen molar-refractivity contribution in [3.63, 3.8) is 0 Å². The van der Waals surface area contributed by atoms with Gasteiger partial charge in [-0.1, -0.05) is 0 Å². The first-order chi connectivity index (χ1) is 2.27. The van der Waals surface area contributed by atoms with Gasteiger partial charge in [-0.25, -0.2) is 0 Å². The van der Waals surface area contributed by atoms with Crippen LogP contribution >= 0.6 is 0 Å². The summed E-state index contributed by atoms with van der Waals surface area (Å²) in [4.78, 5) is 0. The second-order valence-corrected chi connectivity index (χ2v) is 1.08. The van der Waals surface area contributed by atoms with Gasteiger partial charge < -0.3 is 32.7 Å². The van der Waals surface area contributed by atoms with Gasteiger partial charge in [-0.2, -0.15) is 0 Å². The molecule has 70 valence electrons. The molecule has 7 N–H and O–H groups in total. The maximum atomic E-state index is 8.24. The SMILES string of the molecule is CC(O)CN.[OH-].[OH-].[OH-].[OH-].[Pt+4]. The zero-order valence-corrected chi connectivity index (χ0v) is 7.69. The van der Waals surface area contributed by atoms with Gasteiger partial charge in [-0.05, 0) is 6.92 Å². The topological polar surface area (TPSA) is 166 Å². The zero-order chi connectivity index (χ0) is 4.28. The van der Waals surface area contributed by atoms with Crippen molar-refractivity contribution in [2.75, 3.05) is 6.54 Å². The van der Waals surface area contributed by atoms with Crippen molar-refractivity contribution in [3.8, 4) is 0 Å². The fourth-order valence-corrected chi connectivity index (χ4v) is 0. The van der Waals surface area contributed by atoms with Crippen LogP contribution in [0.15, 0.2) is 0 Å². The van der Waals surface area contributed by atoms with Gasteiger partial charge in [0.1, 0.15) is 0 Å². The summed E-state index contributed by atoms with van der Waals surface area (Å²) in [6.07, 6.45) is -0.338. The summed E-state index contributed by atoms with van der Waals surface area (Å²) in [6, 6.07) is 0. The Bertz CT molecular complexity index is 30.9. The molecule has 0 amide bonds. The molecule has 10 heavy (non-hydrogen) atoms. The summed E-state index contributed by atoms with van der Waals surface area (Å²) in [5.74, 6) is 0. The molecule has 1 unspecified atom stereocenters. The standard InChI is InChI=1S/C3H9NO.4H2O.Pt/c1-3(5)2-4;;;;;/h3,5H,2,4H2,1H3;4*1H2;/q;;;;;+4/p-4. The molecule has 0 fully saturated rings. The molecule has 0 spiro atoms. The minimum absolute atomic E-state index is 0. The summed E-state index contributed by atoms with van der Waals surface area (Å²) in [6.45, 7) is 2.01. The van der Waals surface area contributed by atoms with Gasteiger partial charge in [0.25, 0.3) is 0 Å². The van der Waals surface area contributed by atoms with E-state index in [0.717, 1.165) is 0 Å². The van der Waals surface area contributed by atoms with E-state index in [9.17, 15) is 0 Å². The van der Waals surface area contributed by atoms with E-state index >= 15 is 0 Å². The maximum Gasteiger partial charge on any atom is 4.00 e. The molecule has 0 aromatic carbocycles. The van der Waals surface area contributed by atoms with Crippen LogP contribution in [0.1, 0.15) is 6.92 Å². The van der Waals surface area contributed by atoms with E-state index in [0.29, 0.717) is 6.54 Å². The molecular weight excluding hydrogens is 325 g/mol. The number of hydrogen-bond acceptors (Lipinski definition) is 6. The van der Waals surface area contributed by atoms with Crippen LogP contribution < -0.4 is 5.73 Å². The summed E-state index contributed by atoms with van der Waals surface area (Å²) in [5.41, 5.74) is 4.92. The molecule has 0 saturated carbocycles. The van der Waals surface area contributed by atoms with Crippen molar-refractivity contribution in [1.82, 2.24) is 0 Å². The van der Waals surface area contributed by atoms with Gasteiger partial charge in [0.2, 0.25) is 0 Å². The summed E-state index contributed by atoms with van der Waals surface area (Å²) < 4.78 is 0. The Balaban J connectivity index is -0.00000000800. The fourth-order valence-electron chi connectivity index (χ4n) is 0. The number of rotatable bonds is 1. The largest absolute Gasteiger partial charge is 4.00 e. The van der Waals surface area contributed by atoms with Crippen molar-refractivity contribution in [1.29, 1.82) is 0 Å². The summed E-state index contributed by atoms with van der Waals surface area (Å²) in [7, 11) is 0. The van der Waals surface area contributed by atoms with E-state index in [1.165, 1.54) is 0 Å². The van der Waals surface area contributed by atoms with Crippen LogP contribution in [-0.4, -0.2) is 39.7 Å². The van der Waals surface area contributed by atoms with E-state index in [1.54, 1.807) is 6.92 Å². The van der Waals surface area contributed by atoms with E-state index in [1.807, 2.05) is 0 Å². The van der Waals surface area contributed by atoms with Crippen molar-refractivity contribution < 1.29 is 48.1 Å². The second kappa shape index (κ2) is 34.1. The molecule has 0 saturated heterocycles. The van der Waals surface area contributed by atoms with Crippen molar-refractivity contribution in [3.05, 3.63) is 0 Å². The maximum absolute atomic E-state index is 8.24. The molecule has 1 atom stereocenters. The van der Waals surface area contributed by atoms with Gasteiger partial charge in [0.15, 0.2) is 0 Å². The molecule has 0 heterocycles. The third-order valence-corrected chi connectivity index (χ3v) is 0.341. The monoisotopic (exact) mass is 338 g/mol. The molecule has 6 nitrogen and oxygen atoms in total. The van der Waals surface area contributed by atoms with Crippen LogP contribution in [0.2, 0.25) is 0 Å². The molecule has 7 heteroatoms. The molecule has 0 aliphatic rings. The summed E-state index contributed by atoms with van der Waals surface area (Å²) in [5, 5.41) is 8.24. The van der Waals surface area contributed by atoms with E-state index in [4.69, 9.17) is 10.8 Å². The van der Waals surface area contributed by atoms with E-state index in [2.05, 4.69) is 0 Å². The average molecular weight is 338 g/mol. The van der Waals surface area contributed by atoms with Crippen molar-refractivity contribution in [2.24, 2.45) is 5.73 Å². The predicted molar refractivity (Wildman–Crippen MR) is 28.5 cm³/mol. The molecule has 0 aromatic rings. The second-order valence-electron chi connectivity index (χ2n) is 1.08. The first-order valence-corrected chi connectivity index (χ1v) is 1.65. The first-order valence-electron chi connectivity index (χ1n) is 1.65. The van der Waals surface area contributed by atoms with E-state index < -0.39 is 0 Å². The van der Waals surface area contributed by atoms with Gasteiger partial charge >= 0.3 is 21.1 Å². The third kappa shape index (κ3) is 78.2. The average Bonchev–Trinajstić information content (AvgIpc) is 1.38. The van der Waals surface area contributed by atoms with Crippen LogP contribution in [0.25, 0.3) is 0 Å². The van der Waals surface area contributed by atoms with Crippen LogP contribution in [0.4, 0.5) is 0 Å². The third-order valence-electron chi connectivity index (χ3n) is 0.341. The Labute approximate surface area is 73.9 Å². The molecule has 0 bridgehead atoms. The number of nitrogens with two attached hydrogens (primary N) is 1. The Hall–Kier alpha value is 0.448. The molecule has 0 aromatic heterocycles.